The van der Waals surface area contributed by atoms with Gasteiger partial charge in [0, 0.05) is 16.2 Å². The minimum Gasteiger partial charge on any atom is -0.465 e. The third-order valence-corrected chi connectivity index (χ3v) is 3.79. The van der Waals surface area contributed by atoms with Crippen LogP contribution >= 0.6 is 15.9 Å². The predicted molar refractivity (Wildman–Crippen MR) is 71.6 cm³/mol. The second-order valence-corrected chi connectivity index (χ2v) is 5.32. The largest absolute Gasteiger partial charge is 0.465 e. The number of carbonyl (C=O) groups is 2. The lowest BCUT2D eigenvalue weighted by molar-refractivity contribution is -0.117. The molecule has 18 heavy (non-hydrogen) atoms. The van der Waals surface area contributed by atoms with E-state index in [1.54, 1.807) is 12.1 Å². The van der Waals surface area contributed by atoms with E-state index in [-0.39, 0.29) is 22.2 Å². The number of esters is 1. The molecule has 2 atom stereocenters. The van der Waals surface area contributed by atoms with Gasteiger partial charge in [-0.05, 0) is 24.6 Å². The number of rotatable bonds is 3. The molecule has 0 bridgehead atoms. The molecule has 1 amide bonds. The Hall–Kier alpha value is -1.56. The number of amides is 1. The fourth-order valence-electron chi connectivity index (χ4n) is 1.59. The van der Waals surface area contributed by atoms with Crippen LogP contribution in [0.2, 0.25) is 0 Å². The van der Waals surface area contributed by atoms with Crippen molar-refractivity contribution < 1.29 is 14.3 Å². The Labute approximate surface area is 113 Å². The highest BCUT2D eigenvalue weighted by Gasteiger charge is 2.41. The lowest BCUT2D eigenvalue weighted by atomic mass is 10.1. The second-order valence-electron chi connectivity index (χ2n) is 4.14. The normalized spacial score (nSPS) is 21.2. The van der Waals surface area contributed by atoms with Crippen molar-refractivity contribution >= 4 is 39.2 Å². The maximum Gasteiger partial charge on any atom is 0.340 e. The summed E-state index contributed by atoms with van der Waals surface area (Å²) in [5, 5.41) is 2.75. The summed E-state index contributed by atoms with van der Waals surface area (Å²) in [6, 6.07) is 4.75. The number of methoxy groups -OCH3 is 1. The number of alkyl halides is 1. The van der Waals surface area contributed by atoms with Crippen LogP contribution < -0.4 is 11.1 Å². The highest BCUT2D eigenvalue weighted by Crippen LogP contribution is 2.38. The number of nitrogen functional groups attached to an aromatic ring is 1. The van der Waals surface area contributed by atoms with E-state index in [9.17, 15) is 9.59 Å². The van der Waals surface area contributed by atoms with Crippen molar-refractivity contribution in [1.29, 1.82) is 0 Å². The number of hydrogen-bond donors (Lipinski definition) is 2. The quantitative estimate of drug-likeness (QED) is 0.506. The Morgan fingerprint density at radius 2 is 2.17 bits per heavy atom. The van der Waals surface area contributed by atoms with Crippen LogP contribution in [0, 0.1) is 5.92 Å². The number of carbonyl (C=O) groups excluding carboxylic acids is 2. The van der Waals surface area contributed by atoms with Gasteiger partial charge in [-0.2, -0.15) is 0 Å². The Morgan fingerprint density at radius 1 is 1.50 bits per heavy atom. The first-order valence-electron chi connectivity index (χ1n) is 5.45. The predicted octanol–water partition coefficient (Wildman–Crippen LogP) is 1.78. The molecule has 2 unspecified atom stereocenters. The molecule has 0 aliphatic heterocycles. The summed E-state index contributed by atoms with van der Waals surface area (Å²) < 4.78 is 4.61. The minimum absolute atomic E-state index is 0.00382. The van der Waals surface area contributed by atoms with Crippen molar-refractivity contribution in [2.45, 2.75) is 11.2 Å². The van der Waals surface area contributed by atoms with Crippen molar-refractivity contribution in [2.24, 2.45) is 5.92 Å². The number of halogens is 1. The maximum absolute atomic E-state index is 11.7. The van der Waals surface area contributed by atoms with Gasteiger partial charge in [-0.1, -0.05) is 15.9 Å². The maximum atomic E-state index is 11.7. The topological polar surface area (TPSA) is 81.4 Å². The van der Waals surface area contributed by atoms with Crippen molar-refractivity contribution in [3.05, 3.63) is 23.8 Å². The molecule has 1 aliphatic rings. The zero-order valence-corrected chi connectivity index (χ0v) is 11.4. The fourth-order valence-corrected chi connectivity index (χ4v) is 2.23. The SMILES string of the molecule is COC(=O)c1cc(NC(=O)C2CC2Br)ccc1N. The van der Waals surface area contributed by atoms with Gasteiger partial charge < -0.3 is 15.8 Å². The Bertz CT molecular complexity index is 504. The number of nitrogens with two attached hydrogens (primary N) is 1. The molecule has 1 aliphatic carbocycles. The molecule has 0 radical (unpaired) electrons. The van der Waals surface area contributed by atoms with Crippen molar-refractivity contribution in [3.8, 4) is 0 Å². The van der Waals surface area contributed by atoms with E-state index < -0.39 is 5.97 Å². The Morgan fingerprint density at radius 3 is 2.72 bits per heavy atom. The third kappa shape index (κ3) is 2.64. The van der Waals surface area contributed by atoms with E-state index in [2.05, 4.69) is 26.0 Å². The first kappa shape index (κ1) is 12.9. The summed E-state index contributed by atoms with van der Waals surface area (Å²) in [6.07, 6.45) is 0.838. The van der Waals surface area contributed by atoms with Gasteiger partial charge in [0.1, 0.15) is 0 Å². The van der Waals surface area contributed by atoms with E-state index in [1.807, 2.05) is 0 Å². The third-order valence-electron chi connectivity index (χ3n) is 2.78. The van der Waals surface area contributed by atoms with Crippen LogP contribution in [0.3, 0.4) is 0 Å². The summed E-state index contributed by atoms with van der Waals surface area (Å²) in [4.78, 5) is 23.4. The molecular formula is C12H13BrN2O3. The average molecular weight is 313 g/mol. The lowest BCUT2D eigenvalue weighted by Crippen LogP contribution is -2.15. The smallest absolute Gasteiger partial charge is 0.340 e. The fraction of sp³-hybridized carbons (Fsp3) is 0.333. The molecular weight excluding hydrogens is 300 g/mol. The van der Waals surface area contributed by atoms with Gasteiger partial charge in [0.2, 0.25) is 5.91 Å². The van der Waals surface area contributed by atoms with Gasteiger partial charge in [0.05, 0.1) is 18.6 Å². The Balaban J connectivity index is 2.14. The molecule has 1 saturated carbocycles. The minimum atomic E-state index is -0.520. The lowest BCUT2D eigenvalue weighted by Gasteiger charge is -2.08. The van der Waals surface area contributed by atoms with Crippen LogP contribution in [0.15, 0.2) is 18.2 Å². The molecule has 1 fully saturated rings. The molecule has 2 rings (SSSR count). The summed E-state index contributed by atoms with van der Waals surface area (Å²) in [7, 11) is 1.28. The molecule has 1 aromatic carbocycles. The molecule has 3 N–H and O–H groups in total. The van der Waals surface area contributed by atoms with Crippen LogP contribution in [0.5, 0.6) is 0 Å². The highest BCUT2D eigenvalue weighted by atomic mass is 79.9. The second kappa shape index (κ2) is 4.97. The van der Waals surface area contributed by atoms with Gasteiger partial charge in [-0.25, -0.2) is 4.79 Å². The van der Waals surface area contributed by atoms with Gasteiger partial charge in [-0.3, -0.25) is 4.79 Å². The van der Waals surface area contributed by atoms with E-state index in [0.717, 1.165) is 6.42 Å². The number of ether oxygens (including phenoxy) is 1. The molecule has 0 saturated heterocycles. The monoisotopic (exact) mass is 312 g/mol. The average Bonchev–Trinajstić information content (AvgIpc) is 3.08. The first-order valence-corrected chi connectivity index (χ1v) is 6.37. The van der Waals surface area contributed by atoms with E-state index >= 15 is 0 Å². The molecule has 96 valence electrons. The summed E-state index contributed by atoms with van der Waals surface area (Å²) in [5.41, 5.74) is 6.79. The Kier molecular flexibility index (Phi) is 3.56. The van der Waals surface area contributed by atoms with Crippen molar-refractivity contribution in [2.75, 3.05) is 18.2 Å². The number of nitrogens with one attached hydrogen (secondary N) is 1. The van der Waals surface area contributed by atoms with Gasteiger partial charge >= 0.3 is 5.97 Å². The van der Waals surface area contributed by atoms with Gasteiger partial charge in [0.25, 0.3) is 0 Å². The van der Waals surface area contributed by atoms with E-state index in [4.69, 9.17) is 5.73 Å². The zero-order chi connectivity index (χ0) is 13.3. The number of benzene rings is 1. The summed E-state index contributed by atoms with van der Waals surface area (Å²) in [6.45, 7) is 0. The molecule has 6 heteroatoms. The molecule has 0 spiro atoms. The van der Waals surface area contributed by atoms with Crippen LogP contribution in [0.25, 0.3) is 0 Å². The number of anilines is 2. The first-order chi connectivity index (χ1) is 8.52. The summed E-state index contributed by atoms with van der Waals surface area (Å²) >= 11 is 3.37. The van der Waals surface area contributed by atoms with Crippen molar-refractivity contribution in [3.63, 3.8) is 0 Å². The van der Waals surface area contributed by atoms with Gasteiger partial charge in [0.15, 0.2) is 0 Å². The van der Waals surface area contributed by atoms with E-state index in [1.165, 1.54) is 13.2 Å². The molecule has 0 aromatic heterocycles. The summed E-state index contributed by atoms with van der Waals surface area (Å²) in [5.74, 6) is -0.574. The number of hydrogen-bond acceptors (Lipinski definition) is 4. The van der Waals surface area contributed by atoms with Crippen LogP contribution in [0.4, 0.5) is 11.4 Å². The van der Waals surface area contributed by atoms with E-state index in [0.29, 0.717) is 11.4 Å². The van der Waals surface area contributed by atoms with Crippen LogP contribution in [0.1, 0.15) is 16.8 Å². The van der Waals surface area contributed by atoms with Crippen LogP contribution in [-0.2, 0) is 9.53 Å². The van der Waals surface area contributed by atoms with Gasteiger partial charge in [-0.15, -0.1) is 0 Å². The molecule has 5 nitrogen and oxygen atoms in total. The molecule has 1 aromatic rings. The highest BCUT2D eigenvalue weighted by molar-refractivity contribution is 9.09. The standard InChI is InChI=1S/C12H13BrN2O3/c1-18-12(17)8-4-6(2-3-10(8)14)15-11(16)7-5-9(7)13/h2-4,7,9H,5,14H2,1H3,(H,15,16). The van der Waals surface area contributed by atoms with Crippen LogP contribution in [-0.4, -0.2) is 23.8 Å². The molecule has 0 heterocycles. The van der Waals surface area contributed by atoms with Crippen molar-refractivity contribution in [1.82, 2.24) is 0 Å². The zero-order valence-electron chi connectivity index (χ0n) is 9.77.